The number of aromatic nitrogens is 4. The Bertz CT molecular complexity index is 1780. The molecule has 3 aromatic heterocycles. The molecule has 0 fully saturated rings. The first-order valence-corrected chi connectivity index (χ1v) is 12.0. The maximum Gasteiger partial charge on any atom is 0.294 e. The molecule has 1 aromatic carbocycles. The zero-order valence-corrected chi connectivity index (χ0v) is 19.9. The molecule has 7 nitrogen and oxygen atoms in total. The van der Waals surface area contributed by atoms with Crippen LogP contribution >= 0.6 is 0 Å². The van der Waals surface area contributed by atoms with E-state index in [4.69, 9.17) is 4.98 Å². The summed E-state index contributed by atoms with van der Waals surface area (Å²) in [6.07, 6.45) is 7.81. The maximum atomic E-state index is 11.4. The molecule has 1 radical (unpaired) electrons. The van der Waals surface area contributed by atoms with E-state index in [0.29, 0.717) is 0 Å². The maximum absolute atomic E-state index is 11.4. The third kappa shape index (κ3) is 4.75. The van der Waals surface area contributed by atoms with Crippen LogP contribution in [0.4, 0.5) is 0 Å². The molecule has 2 aliphatic heterocycles. The summed E-state index contributed by atoms with van der Waals surface area (Å²) in [5, 5.41) is 0. The SMILES string of the molecule is O=S(=O)(O)c1ccc(-c2cc3cc4nc(cc5ccc(cc6nc(cc2[nH]3)C=C6)[nH]5)C=C4)cc1.[Co]. The van der Waals surface area contributed by atoms with E-state index in [1.807, 2.05) is 66.8 Å². The molecule has 3 N–H and O–H groups in total. The van der Waals surface area contributed by atoms with Gasteiger partial charge in [0.15, 0.2) is 0 Å². The van der Waals surface area contributed by atoms with Crippen LogP contribution in [0.3, 0.4) is 0 Å². The Morgan fingerprint density at radius 1 is 0.629 bits per heavy atom. The minimum atomic E-state index is -4.26. The Morgan fingerprint density at radius 2 is 1.14 bits per heavy atom. The Morgan fingerprint density at radius 3 is 1.69 bits per heavy atom. The molecule has 0 spiro atoms. The van der Waals surface area contributed by atoms with E-state index in [-0.39, 0.29) is 21.7 Å². The second-order valence-electron chi connectivity index (χ2n) is 8.09. The van der Waals surface area contributed by atoms with E-state index in [1.165, 1.54) is 12.1 Å². The average Bonchev–Trinajstić information content (AvgIpc) is 3.58. The third-order valence-corrected chi connectivity index (χ3v) is 6.50. The molecule has 0 aliphatic carbocycles. The quantitative estimate of drug-likeness (QED) is 0.256. The van der Waals surface area contributed by atoms with Gasteiger partial charge in [-0.25, -0.2) is 9.97 Å². The molecule has 175 valence electrons. The molecule has 9 heteroatoms. The minimum Gasteiger partial charge on any atom is -0.355 e. The van der Waals surface area contributed by atoms with E-state index in [2.05, 4.69) is 15.0 Å². The van der Waals surface area contributed by atoms with Crippen molar-refractivity contribution in [3.63, 3.8) is 0 Å². The predicted molar refractivity (Wildman–Crippen MR) is 134 cm³/mol. The van der Waals surface area contributed by atoms with Gasteiger partial charge in [0.1, 0.15) is 0 Å². The summed E-state index contributed by atoms with van der Waals surface area (Å²) in [6, 6.07) is 20.0. The van der Waals surface area contributed by atoms with Crippen LogP contribution in [0.25, 0.3) is 57.5 Å². The van der Waals surface area contributed by atoms with Crippen molar-refractivity contribution >= 4 is 56.5 Å². The van der Waals surface area contributed by atoms with Gasteiger partial charge in [0.2, 0.25) is 0 Å². The summed E-state index contributed by atoms with van der Waals surface area (Å²) in [5.74, 6) is 0. The van der Waals surface area contributed by atoms with Crippen LogP contribution in [-0.4, -0.2) is 32.9 Å². The van der Waals surface area contributed by atoms with Crippen LogP contribution in [0, 0.1) is 0 Å². The van der Waals surface area contributed by atoms with Gasteiger partial charge in [-0.05, 0) is 84.5 Å². The van der Waals surface area contributed by atoms with E-state index in [1.54, 1.807) is 12.1 Å². The van der Waals surface area contributed by atoms with Crippen molar-refractivity contribution in [3.05, 3.63) is 89.5 Å². The third-order valence-electron chi connectivity index (χ3n) is 5.63. The molecule has 4 aromatic rings. The standard InChI is InChI=1S/C26H18N4O3S.Co/c31-34(32,33)24-9-1-16(2-10-24)25-14-23-13-21-6-5-19(28-21)11-17-3-4-18(27-17)12-20-7-8-22(29-20)15-26(25)30-23;/h1-15,27,30H,(H,31,32,33);. The number of rotatable bonds is 2. The Kier molecular flexibility index (Phi) is 5.77. The fourth-order valence-electron chi connectivity index (χ4n) is 4.06. The van der Waals surface area contributed by atoms with Gasteiger partial charge in [-0.15, -0.1) is 0 Å². The summed E-state index contributed by atoms with van der Waals surface area (Å²) < 4.78 is 32.2. The second kappa shape index (κ2) is 8.79. The number of H-pyrrole nitrogens is 2. The van der Waals surface area contributed by atoms with E-state index in [0.717, 1.165) is 56.0 Å². The first kappa shape index (κ1) is 23.0. The number of fused-ring (bicyclic) bond motifs is 8. The van der Waals surface area contributed by atoms with Gasteiger partial charge >= 0.3 is 0 Å². The molecule has 6 rings (SSSR count). The average molecular weight is 525 g/mol. The molecule has 8 bridgehead atoms. The Balaban J connectivity index is 0.00000253. The molecule has 35 heavy (non-hydrogen) atoms. The smallest absolute Gasteiger partial charge is 0.294 e. The van der Waals surface area contributed by atoms with Crippen LogP contribution < -0.4 is 0 Å². The molecule has 0 unspecified atom stereocenters. The van der Waals surface area contributed by atoms with Crippen molar-refractivity contribution in [2.75, 3.05) is 0 Å². The van der Waals surface area contributed by atoms with Gasteiger partial charge in [-0.2, -0.15) is 8.42 Å². The summed E-state index contributed by atoms with van der Waals surface area (Å²) in [6.45, 7) is 0. The first-order chi connectivity index (χ1) is 16.4. The van der Waals surface area contributed by atoms with Crippen LogP contribution in [0.1, 0.15) is 22.8 Å². The molecular weight excluding hydrogens is 507 g/mol. The van der Waals surface area contributed by atoms with Crippen LogP contribution in [0.15, 0.2) is 71.6 Å². The van der Waals surface area contributed by atoms with Gasteiger partial charge in [0.25, 0.3) is 10.1 Å². The molecule has 0 atom stereocenters. The molecule has 0 saturated heterocycles. The molecule has 0 saturated carbocycles. The Labute approximate surface area is 211 Å². The van der Waals surface area contributed by atoms with E-state index in [9.17, 15) is 13.0 Å². The Hall–Kier alpha value is -3.76. The van der Waals surface area contributed by atoms with Crippen LogP contribution in [0.2, 0.25) is 0 Å². The zero-order chi connectivity index (χ0) is 23.3. The summed E-state index contributed by atoms with van der Waals surface area (Å²) >= 11 is 0. The monoisotopic (exact) mass is 525 g/mol. The number of nitrogens with one attached hydrogen (secondary N) is 2. The van der Waals surface area contributed by atoms with Crippen molar-refractivity contribution in [2.45, 2.75) is 4.90 Å². The summed E-state index contributed by atoms with van der Waals surface area (Å²) in [7, 11) is -4.26. The number of nitrogens with zero attached hydrogens (tertiary/aromatic N) is 2. The number of hydrogen-bond acceptors (Lipinski definition) is 4. The summed E-state index contributed by atoms with van der Waals surface area (Å²) in [5.41, 5.74) is 8.52. The molecule has 5 heterocycles. The number of benzene rings is 1. The fraction of sp³-hybridized carbons (Fsp3) is 0. The first-order valence-electron chi connectivity index (χ1n) is 10.6. The van der Waals surface area contributed by atoms with Crippen LogP contribution in [0.5, 0.6) is 0 Å². The van der Waals surface area contributed by atoms with E-state index < -0.39 is 10.1 Å². The number of aromatic amines is 2. The second-order valence-corrected chi connectivity index (χ2v) is 9.51. The zero-order valence-electron chi connectivity index (χ0n) is 18.1. The molecular formula is C26H18CoN4O3S. The van der Waals surface area contributed by atoms with Gasteiger partial charge in [0.05, 0.1) is 27.7 Å². The normalized spacial score (nSPS) is 12.5. The predicted octanol–water partition coefficient (Wildman–Crippen LogP) is 5.57. The van der Waals surface area contributed by atoms with Crippen molar-refractivity contribution in [1.29, 1.82) is 0 Å². The summed E-state index contributed by atoms with van der Waals surface area (Å²) in [4.78, 5) is 16.0. The van der Waals surface area contributed by atoms with Crippen molar-refractivity contribution in [2.24, 2.45) is 0 Å². The fourth-order valence-corrected chi connectivity index (χ4v) is 4.54. The molecule has 0 amide bonds. The van der Waals surface area contributed by atoms with Crippen molar-refractivity contribution in [3.8, 4) is 11.1 Å². The van der Waals surface area contributed by atoms with Gasteiger partial charge in [-0.3, -0.25) is 4.55 Å². The van der Waals surface area contributed by atoms with Crippen molar-refractivity contribution in [1.82, 2.24) is 19.9 Å². The number of hydrogen-bond donors (Lipinski definition) is 3. The van der Waals surface area contributed by atoms with E-state index >= 15 is 0 Å². The molecule has 2 aliphatic rings. The van der Waals surface area contributed by atoms with Crippen molar-refractivity contribution < 1.29 is 29.7 Å². The van der Waals surface area contributed by atoms with Gasteiger partial charge in [-0.1, -0.05) is 12.1 Å². The largest absolute Gasteiger partial charge is 0.355 e. The van der Waals surface area contributed by atoms with Gasteiger partial charge < -0.3 is 9.97 Å². The van der Waals surface area contributed by atoms with Gasteiger partial charge in [0, 0.05) is 44.4 Å². The topological polar surface area (TPSA) is 112 Å². The van der Waals surface area contributed by atoms with Crippen LogP contribution in [-0.2, 0) is 26.9 Å². The minimum absolute atomic E-state index is 0.